The fourth-order valence-electron chi connectivity index (χ4n) is 2.62. The average molecular weight is 293 g/mol. The third kappa shape index (κ3) is 2.76. The van der Waals surface area contributed by atoms with Crippen LogP contribution < -0.4 is 10.5 Å². The molecule has 0 aliphatic rings. The minimum atomic E-state index is 0.132. The monoisotopic (exact) mass is 293 g/mol. The summed E-state index contributed by atoms with van der Waals surface area (Å²) in [4.78, 5) is 0. The van der Waals surface area contributed by atoms with Crippen LogP contribution in [0.2, 0.25) is 0 Å². The standard InChI is InChI=1S/C19H19NO2/c20-18-11-10-15(14-6-1-2-7-16(14)18)17-8-3-4-9-19(17)22-13-5-12-21/h1-4,6-11,21H,5,12-13,20H2. The van der Waals surface area contributed by atoms with Gasteiger partial charge in [-0.05, 0) is 23.1 Å². The molecule has 0 aliphatic carbocycles. The normalized spacial score (nSPS) is 10.8. The predicted octanol–water partition coefficient (Wildman–Crippen LogP) is 3.85. The third-order valence-corrected chi connectivity index (χ3v) is 3.70. The highest BCUT2D eigenvalue weighted by Gasteiger charge is 2.10. The Morgan fingerprint density at radius 3 is 2.36 bits per heavy atom. The van der Waals surface area contributed by atoms with Gasteiger partial charge in [-0.2, -0.15) is 0 Å². The van der Waals surface area contributed by atoms with Gasteiger partial charge in [0.2, 0.25) is 0 Å². The van der Waals surface area contributed by atoms with Crippen LogP contribution >= 0.6 is 0 Å². The first-order chi connectivity index (χ1) is 10.8. The molecule has 3 aromatic carbocycles. The number of aliphatic hydroxyl groups excluding tert-OH is 1. The Labute approximate surface area is 130 Å². The van der Waals surface area contributed by atoms with Crippen LogP contribution in [0.15, 0.2) is 60.7 Å². The zero-order valence-corrected chi connectivity index (χ0v) is 12.3. The zero-order valence-electron chi connectivity index (χ0n) is 12.3. The summed E-state index contributed by atoms with van der Waals surface area (Å²) in [5.74, 6) is 0.825. The molecule has 3 rings (SSSR count). The van der Waals surface area contributed by atoms with Gasteiger partial charge >= 0.3 is 0 Å². The summed E-state index contributed by atoms with van der Waals surface area (Å²) in [6, 6.07) is 20.0. The molecular weight excluding hydrogens is 274 g/mol. The summed E-state index contributed by atoms with van der Waals surface area (Å²) in [6.45, 7) is 0.632. The molecule has 0 heterocycles. The molecule has 22 heavy (non-hydrogen) atoms. The molecule has 3 heteroatoms. The fourth-order valence-corrected chi connectivity index (χ4v) is 2.62. The molecule has 0 aliphatic heterocycles. The second-order valence-corrected chi connectivity index (χ2v) is 5.17. The van der Waals surface area contributed by atoms with Crippen LogP contribution in [0.3, 0.4) is 0 Å². The number of anilines is 1. The lowest BCUT2D eigenvalue weighted by Gasteiger charge is -2.14. The lowest BCUT2D eigenvalue weighted by atomic mass is 9.96. The lowest BCUT2D eigenvalue weighted by molar-refractivity contribution is 0.234. The zero-order chi connectivity index (χ0) is 15.4. The van der Waals surface area contributed by atoms with Crippen molar-refractivity contribution in [2.24, 2.45) is 0 Å². The minimum absolute atomic E-state index is 0.132. The van der Waals surface area contributed by atoms with E-state index in [1.807, 2.05) is 54.6 Å². The summed E-state index contributed by atoms with van der Waals surface area (Å²) in [7, 11) is 0. The summed E-state index contributed by atoms with van der Waals surface area (Å²) >= 11 is 0. The molecule has 0 fully saturated rings. The molecule has 112 valence electrons. The van der Waals surface area contributed by atoms with Crippen LogP contribution in [0.25, 0.3) is 21.9 Å². The van der Waals surface area contributed by atoms with Gasteiger partial charge in [-0.15, -0.1) is 0 Å². The Hall–Kier alpha value is -2.52. The first-order valence-electron chi connectivity index (χ1n) is 7.41. The minimum Gasteiger partial charge on any atom is -0.493 e. The van der Waals surface area contributed by atoms with Crippen LogP contribution in [-0.2, 0) is 0 Å². The molecule has 0 aromatic heterocycles. The van der Waals surface area contributed by atoms with Crippen molar-refractivity contribution in [3.8, 4) is 16.9 Å². The molecule has 3 N–H and O–H groups in total. The number of ether oxygens (including phenoxy) is 1. The van der Waals surface area contributed by atoms with Crippen molar-refractivity contribution in [2.45, 2.75) is 6.42 Å². The van der Waals surface area contributed by atoms with E-state index in [4.69, 9.17) is 15.6 Å². The number of para-hydroxylation sites is 1. The Balaban J connectivity index is 2.10. The third-order valence-electron chi connectivity index (χ3n) is 3.70. The molecular formula is C19H19NO2. The Morgan fingerprint density at radius 2 is 1.55 bits per heavy atom. The van der Waals surface area contributed by atoms with E-state index in [-0.39, 0.29) is 6.61 Å². The topological polar surface area (TPSA) is 55.5 Å². The number of rotatable bonds is 5. The quantitative estimate of drug-likeness (QED) is 0.555. The molecule has 3 aromatic rings. The maximum atomic E-state index is 8.91. The number of benzene rings is 3. The van der Waals surface area contributed by atoms with Gasteiger partial charge in [-0.25, -0.2) is 0 Å². The highest BCUT2D eigenvalue weighted by Crippen LogP contribution is 2.36. The molecule has 0 saturated heterocycles. The first-order valence-corrected chi connectivity index (χ1v) is 7.41. The molecule has 0 saturated carbocycles. The van der Waals surface area contributed by atoms with Gasteiger partial charge in [-0.1, -0.05) is 48.5 Å². The Morgan fingerprint density at radius 1 is 0.818 bits per heavy atom. The van der Waals surface area contributed by atoms with E-state index >= 15 is 0 Å². The maximum Gasteiger partial charge on any atom is 0.127 e. The first kappa shape index (κ1) is 14.4. The van der Waals surface area contributed by atoms with Crippen LogP contribution in [0.4, 0.5) is 5.69 Å². The molecule has 0 spiro atoms. The van der Waals surface area contributed by atoms with Gasteiger partial charge in [0, 0.05) is 29.7 Å². The van der Waals surface area contributed by atoms with Crippen molar-refractivity contribution in [3.63, 3.8) is 0 Å². The van der Waals surface area contributed by atoms with E-state index in [2.05, 4.69) is 6.07 Å². The highest BCUT2D eigenvalue weighted by molar-refractivity contribution is 6.03. The fraction of sp³-hybridized carbons (Fsp3) is 0.158. The van der Waals surface area contributed by atoms with E-state index in [9.17, 15) is 0 Å². The Bertz CT molecular complexity index is 783. The maximum absolute atomic E-state index is 8.91. The van der Waals surface area contributed by atoms with E-state index < -0.39 is 0 Å². The van der Waals surface area contributed by atoms with Crippen molar-refractivity contribution in [1.82, 2.24) is 0 Å². The molecule has 0 radical (unpaired) electrons. The lowest BCUT2D eigenvalue weighted by Crippen LogP contribution is -2.01. The van der Waals surface area contributed by atoms with Gasteiger partial charge in [-0.3, -0.25) is 0 Å². The van der Waals surface area contributed by atoms with Crippen LogP contribution in [0.5, 0.6) is 5.75 Å². The van der Waals surface area contributed by atoms with Gasteiger partial charge in [0.05, 0.1) is 6.61 Å². The highest BCUT2D eigenvalue weighted by atomic mass is 16.5. The molecule has 0 atom stereocenters. The van der Waals surface area contributed by atoms with Gasteiger partial charge in [0.1, 0.15) is 5.75 Å². The van der Waals surface area contributed by atoms with Gasteiger partial charge in [0.25, 0.3) is 0 Å². The smallest absolute Gasteiger partial charge is 0.127 e. The average Bonchev–Trinajstić information content (AvgIpc) is 2.57. The van der Waals surface area contributed by atoms with Crippen molar-refractivity contribution < 1.29 is 9.84 Å². The van der Waals surface area contributed by atoms with Crippen molar-refractivity contribution in [1.29, 1.82) is 0 Å². The van der Waals surface area contributed by atoms with E-state index in [1.54, 1.807) is 0 Å². The van der Waals surface area contributed by atoms with Crippen LogP contribution in [-0.4, -0.2) is 18.3 Å². The number of nitrogens with two attached hydrogens (primary N) is 1. The van der Waals surface area contributed by atoms with Crippen LogP contribution in [0, 0.1) is 0 Å². The molecule has 3 nitrogen and oxygen atoms in total. The van der Waals surface area contributed by atoms with Crippen molar-refractivity contribution in [2.75, 3.05) is 18.9 Å². The summed E-state index contributed by atoms with van der Waals surface area (Å²) in [6.07, 6.45) is 0.622. The second-order valence-electron chi connectivity index (χ2n) is 5.17. The summed E-state index contributed by atoms with van der Waals surface area (Å²) in [5, 5.41) is 11.1. The Kier molecular flexibility index (Phi) is 4.26. The number of fused-ring (bicyclic) bond motifs is 1. The summed E-state index contributed by atoms with van der Waals surface area (Å²) < 4.78 is 5.82. The van der Waals surface area contributed by atoms with Crippen LogP contribution in [0.1, 0.15) is 6.42 Å². The van der Waals surface area contributed by atoms with Gasteiger partial charge < -0.3 is 15.6 Å². The molecule has 0 bridgehead atoms. The SMILES string of the molecule is Nc1ccc(-c2ccccc2OCCCO)c2ccccc12. The van der Waals surface area contributed by atoms with E-state index in [1.165, 1.54) is 0 Å². The largest absolute Gasteiger partial charge is 0.493 e. The number of hydrogen-bond donors (Lipinski definition) is 2. The second kappa shape index (κ2) is 6.50. The van der Waals surface area contributed by atoms with E-state index in [0.29, 0.717) is 13.0 Å². The number of nitrogen functional groups attached to an aromatic ring is 1. The van der Waals surface area contributed by atoms with Crippen molar-refractivity contribution >= 4 is 16.5 Å². The van der Waals surface area contributed by atoms with Crippen molar-refractivity contribution in [3.05, 3.63) is 60.7 Å². The molecule has 0 unspecified atom stereocenters. The predicted molar refractivity (Wildman–Crippen MR) is 91.0 cm³/mol. The van der Waals surface area contributed by atoms with Gasteiger partial charge in [0.15, 0.2) is 0 Å². The number of aliphatic hydroxyl groups is 1. The molecule has 0 amide bonds. The summed E-state index contributed by atoms with van der Waals surface area (Å²) in [5.41, 5.74) is 9.00. The van der Waals surface area contributed by atoms with E-state index in [0.717, 1.165) is 33.3 Å². The number of hydrogen-bond acceptors (Lipinski definition) is 3.